The van der Waals surface area contributed by atoms with E-state index >= 15 is 0 Å². The largest absolute Gasteiger partial charge is 0.461 e. The van der Waals surface area contributed by atoms with Gasteiger partial charge in [0.05, 0.1) is 13.2 Å². The molecule has 0 aliphatic carbocycles. The van der Waals surface area contributed by atoms with E-state index in [0.717, 1.165) is 20.8 Å². The summed E-state index contributed by atoms with van der Waals surface area (Å²) in [6.45, 7) is 6.95. The Bertz CT molecular complexity index is 971. The molecule has 1 aromatic rings. The molecule has 0 amide bonds. The molecule has 0 aromatic heterocycles. The number of hydrogen-bond donors (Lipinski definition) is 1. The lowest BCUT2D eigenvalue weighted by Gasteiger charge is -2.43. The van der Waals surface area contributed by atoms with Gasteiger partial charge in [0.15, 0.2) is 12.2 Å². The molecule has 200 valence electrons. The number of esters is 3. The lowest BCUT2D eigenvalue weighted by Crippen LogP contribution is -2.62. The summed E-state index contributed by atoms with van der Waals surface area (Å²) in [4.78, 5) is 35.8. The minimum atomic E-state index is -3.67. The van der Waals surface area contributed by atoms with E-state index in [1.54, 1.807) is 38.1 Å². The van der Waals surface area contributed by atoms with Gasteiger partial charge in [0.1, 0.15) is 11.9 Å². The predicted molar refractivity (Wildman–Crippen MR) is 127 cm³/mol. The van der Waals surface area contributed by atoms with Crippen molar-refractivity contribution >= 4 is 31.2 Å². The SMILES string of the molecule is CCOP(=O)(/C=C/[C@H]1O[C@H](Oc2ccc(N)cc2)[C@@H](OC(C)=O)[C@@H](OC(C)=O)[C@@H]1OC(C)=O)OCC. The fraction of sp³-hybridized carbons (Fsp3) is 0.522. The van der Waals surface area contributed by atoms with Crippen LogP contribution in [-0.2, 0) is 46.9 Å². The van der Waals surface area contributed by atoms with Crippen molar-refractivity contribution in [3.8, 4) is 5.75 Å². The molecule has 1 aliphatic rings. The second-order valence-corrected chi connectivity index (χ2v) is 9.49. The topological polar surface area (TPSA) is 159 Å². The van der Waals surface area contributed by atoms with Gasteiger partial charge in [-0.2, -0.15) is 0 Å². The standard InChI is InChI=1S/C23H32NO11P/c1-6-29-36(28,30-7-2)13-12-19-20(31-14(3)25)21(32-15(4)26)22(33-16(5)27)23(35-19)34-18-10-8-17(24)9-11-18/h8-13,19-23H,6-7,24H2,1-5H3/b13-12+/t19-,20-,21+,22+,23+/m1/s1. The zero-order chi connectivity index (χ0) is 26.9. The molecule has 0 unspecified atom stereocenters. The Kier molecular flexibility index (Phi) is 10.9. The van der Waals surface area contributed by atoms with Gasteiger partial charge in [0, 0.05) is 32.3 Å². The summed E-state index contributed by atoms with van der Waals surface area (Å²) in [6, 6.07) is 6.29. The van der Waals surface area contributed by atoms with Crippen molar-refractivity contribution in [2.75, 3.05) is 18.9 Å². The van der Waals surface area contributed by atoms with Crippen molar-refractivity contribution in [2.45, 2.75) is 65.3 Å². The van der Waals surface area contributed by atoms with Crippen LogP contribution in [0.15, 0.2) is 36.2 Å². The molecule has 2 N–H and O–H groups in total. The van der Waals surface area contributed by atoms with Gasteiger partial charge in [-0.3, -0.25) is 18.9 Å². The van der Waals surface area contributed by atoms with Crippen LogP contribution < -0.4 is 10.5 Å². The summed E-state index contributed by atoms with van der Waals surface area (Å²) in [5.41, 5.74) is 6.21. The fourth-order valence-corrected chi connectivity index (χ4v) is 4.75. The molecule has 0 saturated carbocycles. The molecule has 36 heavy (non-hydrogen) atoms. The van der Waals surface area contributed by atoms with E-state index in [4.69, 9.17) is 38.5 Å². The third-order valence-corrected chi connectivity index (χ3v) is 6.42. The van der Waals surface area contributed by atoms with E-state index < -0.39 is 56.2 Å². The van der Waals surface area contributed by atoms with Crippen LogP contribution in [0.1, 0.15) is 34.6 Å². The van der Waals surface area contributed by atoms with Crippen molar-refractivity contribution in [3.63, 3.8) is 0 Å². The Balaban J connectivity index is 2.54. The number of carbonyl (C=O) groups excluding carboxylic acids is 3. The zero-order valence-corrected chi connectivity index (χ0v) is 21.7. The first kappa shape index (κ1) is 29.3. The van der Waals surface area contributed by atoms with Gasteiger partial charge in [0.25, 0.3) is 0 Å². The predicted octanol–water partition coefficient (Wildman–Crippen LogP) is 2.95. The molecule has 1 fully saturated rings. The first-order valence-electron chi connectivity index (χ1n) is 11.3. The lowest BCUT2D eigenvalue weighted by atomic mass is 9.97. The van der Waals surface area contributed by atoms with E-state index in [9.17, 15) is 18.9 Å². The summed E-state index contributed by atoms with van der Waals surface area (Å²) in [5.74, 6) is -0.718. The van der Waals surface area contributed by atoms with Crippen molar-refractivity contribution in [3.05, 3.63) is 36.2 Å². The fourth-order valence-electron chi connectivity index (χ4n) is 3.41. The highest BCUT2D eigenvalue weighted by atomic mass is 31.2. The quantitative estimate of drug-likeness (QED) is 0.194. The molecule has 1 aromatic carbocycles. The van der Waals surface area contributed by atoms with Crippen LogP contribution in [0, 0.1) is 0 Å². The molecule has 12 nitrogen and oxygen atoms in total. The van der Waals surface area contributed by atoms with Crippen LogP contribution >= 0.6 is 7.60 Å². The van der Waals surface area contributed by atoms with E-state index in [-0.39, 0.29) is 13.2 Å². The summed E-state index contributed by atoms with van der Waals surface area (Å²) in [6.07, 6.45) is -5.16. The van der Waals surface area contributed by atoms with Crippen molar-refractivity contribution < 1.29 is 51.7 Å². The maximum Gasteiger partial charge on any atom is 0.353 e. The van der Waals surface area contributed by atoms with Crippen LogP contribution in [0.5, 0.6) is 5.75 Å². The van der Waals surface area contributed by atoms with Gasteiger partial charge in [-0.05, 0) is 44.2 Å². The molecule has 1 saturated heterocycles. The molecule has 13 heteroatoms. The van der Waals surface area contributed by atoms with Crippen LogP contribution in [0.3, 0.4) is 0 Å². The van der Waals surface area contributed by atoms with Crippen molar-refractivity contribution in [1.29, 1.82) is 0 Å². The molecule has 1 heterocycles. The van der Waals surface area contributed by atoms with E-state index in [2.05, 4.69) is 0 Å². The summed E-state index contributed by atoms with van der Waals surface area (Å²) in [5, 5.41) is 0. The number of anilines is 1. The number of nitrogen functional groups attached to an aromatic ring is 1. The average molecular weight is 529 g/mol. The van der Waals surface area contributed by atoms with E-state index in [1.807, 2.05) is 0 Å². The van der Waals surface area contributed by atoms with Crippen LogP contribution in [0.25, 0.3) is 0 Å². The molecule has 5 atom stereocenters. The highest BCUT2D eigenvalue weighted by molar-refractivity contribution is 7.57. The normalized spacial score (nSPS) is 24.2. The monoisotopic (exact) mass is 529 g/mol. The number of ether oxygens (including phenoxy) is 5. The van der Waals surface area contributed by atoms with Gasteiger partial charge in [-0.1, -0.05) is 0 Å². The van der Waals surface area contributed by atoms with Crippen LogP contribution in [-0.4, -0.2) is 61.8 Å². The van der Waals surface area contributed by atoms with Crippen molar-refractivity contribution in [1.82, 2.24) is 0 Å². The maximum atomic E-state index is 13.0. The smallest absolute Gasteiger partial charge is 0.353 e. The highest BCUT2D eigenvalue weighted by Crippen LogP contribution is 2.50. The molecule has 0 spiro atoms. The van der Waals surface area contributed by atoms with Gasteiger partial charge in [-0.25, -0.2) is 0 Å². The van der Waals surface area contributed by atoms with Crippen LogP contribution in [0.2, 0.25) is 0 Å². The molecular formula is C23H32NO11P. The number of nitrogens with two attached hydrogens (primary N) is 1. The summed E-state index contributed by atoms with van der Waals surface area (Å²) in [7, 11) is -3.67. The zero-order valence-electron chi connectivity index (χ0n) is 20.8. The molecule has 0 bridgehead atoms. The second kappa shape index (κ2) is 13.4. The first-order chi connectivity index (χ1) is 17.0. The Morgan fingerprint density at radius 2 is 1.39 bits per heavy atom. The first-order valence-corrected chi connectivity index (χ1v) is 12.9. The third kappa shape index (κ3) is 8.63. The summed E-state index contributed by atoms with van der Waals surface area (Å²) < 4.78 is 51.6. The van der Waals surface area contributed by atoms with Gasteiger partial charge in [0.2, 0.25) is 12.4 Å². The Hall–Kier alpha value is -2.92. The molecule has 0 radical (unpaired) electrons. The molecule has 1 aliphatic heterocycles. The second-order valence-electron chi connectivity index (χ2n) is 7.60. The Labute approximate surface area is 209 Å². The van der Waals surface area contributed by atoms with E-state index in [1.165, 1.54) is 11.9 Å². The minimum absolute atomic E-state index is 0.105. The number of benzene rings is 1. The lowest BCUT2D eigenvalue weighted by molar-refractivity contribution is -0.275. The summed E-state index contributed by atoms with van der Waals surface area (Å²) >= 11 is 0. The van der Waals surface area contributed by atoms with Gasteiger partial charge >= 0.3 is 25.5 Å². The minimum Gasteiger partial charge on any atom is -0.461 e. The third-order valence-electron chi connectivity index (χ3n) is 4.65. The Morgan fingerprint density at radius 1 is 0.889 bits per heavy atom. The maximum absolute atomic E-state index is 13.0. The van der Waals surface area contributed by atoms with Crippen molar-refractivity contribution in [2.24, 2.45) is 0 Å². The molecular weight excluding hydrogens is 497 g/mol. The number of carbonyl (C=O) groups is 3. The van der Waals surface area contributed by atoms with Gasteiger partial charge in [-0.15, -0.1) is 0 Å². The number of rotatable bonds is 11. The Morgan fingerprint density at radius 3 is 1.89 bits per heavy atom. The highest BCUT2D eigenvalue weighted by Gasteiger charge is 2.52. The average Bonchev–Trinajstić information content (AvgIpc) is 2.77. The van der Waals surface area contributed by atoms with E-state index in [0.29, 0.717) is 11.4 Å². The number of hydrogen-bond acceptors (Lipinski definition) is 12. The van der Waals surface area contributed by atoms with Gasteiger partial charge < -0.3 is 38.5 Å². The molecule has 2 rings (SSSR count). The van der Waals surface area contributed by atoms with Crippen LogP contribution in [0.4, 0.5) is 5.69 Å².